The molecule has 0 heterocycles. The molecule has 0 saturated carbocycles. The fourth-order valence-corrected chi connectivity index (χ4v) is 1.40. The van der Waals surface area contributed by atoms with E-state index in [0.717, 1.165) is 11.3 Å². The van der Waals surface area contributed by atoms with Crippen molar-refractivity contribution in [2.24, 2.45) is 0 Å². The fourth-order valence-electron chi connectivity index (χ4n) is 1.40. The van der Waals surface area contributed by atoms with Crippen molar-refractivity contribution in [2.45, 2.75) is 13.8 Å². The zero-order valence-electron chi connectivity index (χ0n) is 12.0. The highest BCUT2D eigenvalue weighted by Crippen LogP contribution is 2.13. The Bertz CT molecular complexity index is 498. The maximum absolute atomic E-state index is 11.6. The molecule has 0 aliphatic carbocycles. The van der Waals surface area contributed by atoms with Crippen LogP contribution in [0, 0.1) is 25.7 Å². The Morgan fingerprint density at radius 3 is 2.58 bits per heavy atom. The Morgan fingerprint density at radius 1 is 1.21 bits per heavy atom. The maximum Gasteiger partial charge on any atom is 0.319 e. The molecular formula is C15H21N3O. The molecule has 1 aromatic carbocycles. The molecule has 19 heavy (non-hydrogen) atoms. The second-order valence-electron chi connectivity index (χ2n) is 4.70. The predicted octanol–water partition coefficient (Wildman–Crippen LogP) is 1.99. The predicted molar refractivity (Wildman–Crippen MR) is 79.3 cm³/mol. The van der Waals surface area contributed by atoms with Crippen molar-refractivity contribution in [1.29, 1.82) is 0 Å². The second kappa shape index (κ2) is 7.45. The van der Waals surface area contributed by atoms with E-state index in [1.165, 1.54) is 5.56 Å². The molecule has 0 spiro atoms. The van der Waals surface area contributed by atoms with E-state index in [0.29, 0.717) is 13.1 Å². The van der Waals surface area contributed by atoms with Crippen molar-refractivity contribution in [3.8, 4) is 11.8 Å². The van der Waals surface area contributed by atoms with E-state index in [1.54, 1.807) is 0 Å². The summed E-state index contributed by atoms with van der Waals surface area (Å²) in [5, 5.41) is 5.48. The van der Waals surface area contributed by atoms with Gasteiger partial charge in [0.25, 0.3) is 0 Å². The molecule has 0 bridgehead atoms. The number of hydrogen-bond acceptors (Lipinski definition) is 2. The molecule has 2 amide bonds. The third-order valence-corrected chi connectivity index (χ3v) is 2.62. The Morgan fingerprint density at radius 2 is 1.95 bits per heavy atom. The number of rotatable bonds is 3. The minimum atomic E-state index is -0.234. The Kier molecular flexibility index (Phi) is 5.91. The van der Waals surface area contributed by atoms with Gasteiger partial charge in [0.2, 0.25) is 0 Å². The van der Waals surface area contributed by atoms with Crippen molar-refractivity contribution >= 4 is 11.7 Å². The molecule has 0 aliphatic rings. The summed E-state index contributed by atoms with van der Waals surface area (Å²) in [6.07, 6.45) is 0. The molecule has 4 nitrogen and oxygen atoms in total. The number of urea groups is 1. The molecule has 0 atom stereocenters. The average Bonchev–Trinajstić information content (AvgIpc) is 2.33. The zero-order chi connectivity index (χ0) is 14.3. The van der Waals surface area contributed by atoms with E-state index >= 15 is 0 Å². The fraction of sp³-hybridized carbons (Fsp3) is 0.400. The SMILES string of the molecule is Cc1ccc(NC(=O)NCC#CCN(C)C)cc1C. The first kappa shape index (κ1) is 15.1. The lowest BCUT2D eigenvalue weighted by molar-refractivity contribution is 0.253. The molecule has 0 saturated heterocycles. The van der Waals surface area contributed by atoms with Crippen LogP contribution in [-0.2, 0) is 0 Å². The summed E-state index contributed by atoms with van der Waals surface area (Å²) in [5.41, 5.74) is 3.16. The molecule has 0 aromatic heterocycles. The van der Waals surface area contributed by atoms with Gasteiger partial charge in [-0.3, -0.25) is 4.90 Å². The van der Waals surface area contributed by atoms with Crippen LogP contribution in [0.4, 0.5) is 10.5 Å². The number of benzene rings is 1. The van der Waals surface area contributed by atoms with Gasteiger partial charge in [0.15, 0.2) is 0 Å². The average molecular weight is 259 g/mol. The molecule has 2 N–H and O–H groups in total. The van der Waals surface area contributed by atoms with Crippen molar-refractivity contribution in [2.75, 3.05) is 32.5 Å². The molecular weight excluding hydrogens is 238 g/mol. The van der Waals surface area contributed by atoms with Crippen LogP contribution in [0.25, 0.3) is 0 Å². The number of carbonyl (C=O) groups excluding carboxylic acids is 1. The lowest BCUT2D eigenvalue weighted by Gasteiger charge is -2.07. The maximum atomic E-state index is 11.6. The van der Waals surface area contributed by atoms with Gasteiger partial charge in [0, 0.05) is 5.69 Å². The van der Waals surface area contributed by atoms with Crippen LogP contribution in [0.15, 0.2) is 18.2 Å². The smallest absolute Gasteiger partial charge is 0.319 e. The summed E-state index contributed by atoms with van der Waals surface area (Å²) in [6, 6.07) is 5.59. The number of nitrogens with one attached hydrogen (secondary N) is 2. The van der Waals surface area contributed by atoms with E-state index in [1.807, 2.05) is 51.0 Å². The van der Waals surface area contributed by atoms with Gasteiger partial charge < -0.3 is 10.6 Å². The highest BCUT2D eigenvalue weighted by Gasteiger charge is 2.01. The first-order chi connectivity index (χ1) is 8.99. The summed E-state index contributed by atoms with van der Waals surface area (Å²) in [6.45, 7) is 5.11. The van der Waals surface area contributed by atoms with Gasteiger partial charge in [-0.15, -0.1) is 0 Å². The molecule has 0 unspecified atom stereocenters. The number of hydrogen-bond donors (Lipinski definition) is 2. The van der Waals surface area contributed by atoms with E-state index in [4.69, 9.17) is 0 Å². The van der Waals surface area contributed by atoms with E-state index in [-0.39, 0.29) is 6.03 Å². The van der Waals surface area contributed by atoms with Crippen LogP contribution < -0.4 is 10.6 Å². The number of aryl methyl sites for hydroxylation is 2. The monoisotopic (exact) mass is 259 g/mol. The summed E-state index contributed by atoms with van der Waals surface area (Å²) in [5.74, 6) is 5.84. The molecule has 0 aliphatic heterocycles. The Balaban J connectivity index is 2.38. The van der Waals surface area contributed by atoms with Gasteiger partial charge in [-0.2, -0.15) is 0 Å². The number of amides is 2. The van der Waals surface area contributed by atoms with Gasteiger partial charge >= 0.3 is 6.03 Å². The lowest BCUT2D eigenvalue weighted by atomic mass is 10.1. The van der Waals surface area contributed by atoms with Crippen molar-refractivity contribution in [3.63, 3.8) is 0 Å². The van der Waals surface area contributed by atoms with Crippen LogP contribution >= 0.6 is 0 Å². The number of carbonyl (C=O) groups is 1. The molecule has 1 aromatic rings. The topological polar surface area (TPSA) is 44.4 Å². The minimum Gasteiger partial charge on any atom is -0.327 e. The summed E-state index contributed by atoms with van der Waals surface area (Å²) in [7, 11) is 3.91. The molecule has 102 valence electrons. The molecule has 0 fully saturated rings. The van der Waals surface area contributed by atoms with E-state index in [2.05, 4.69) is 22.5 Å². The largest absolute Gasteiger partial charge is 0.327 e. The number of nitrogens with zero attached hydrogens (tertiary/aromatic N) is 1. The van der Waals surface area contributed by atoms with Crippen molar-refractivity contribution in [3.05, 3.63) is 29.3 Å². The van der Waals surface area contributed by atoms with Crippen molar-refractivity contribution < 1.29 is 4.79 Å². The first-order valence-corrected chi connectivity index (χ1v) is 6.21. The third-order valence-electron chi connectivity index (χ3n) is 2.62. The normalized spacial score (nSPS) is 9.74. The standard InChI is InChI=1S/C15H21N3O/c1-12-7-8-14(11-13(12)2)17-15(19)16-9-5-6-10-18(3)4/h7-8,11H,9-10H2,1-4H3,(H2,16,17,19). The van der Waals surface area contributed by atoms with Crippen LogP contribution in [0.2, 0.25) is 0 Å². The van der Waals surface area contributed by atoms with Gasteiger partial charge in [0.1, 0.15) is 0 Å². The van der Waals surface area contributed by atoms with Crippen LogP contribution in [0.3, 0.4) is 0 Å². The highest BCUT2D eigenvalue weighted by molar-refractivity contribution is 5.89. The first-order valence-electron chi connectivity index (χ1n) is 6.21. The number of anilines is 1. The highest BCUT2D eigenvalue weighted by atomic mass is 16.2. The van der Waals surface area contributed by atoms with Gasteiger partial charge in [-0.25, -0.2) is 4.79 Å². The van der Waals surface area contributed by atoms with Gasteiger partial charge in [-0.1, -0.05) is 17.9 Å². The minimum absolute atomic E-state index is 0.234. The second-order valence-corrected chi connectivity index (χ2v) is 4.70. The summed E-state index contributed by atoms with van der Waals surface area (Å²) < 4.78 is 0. The van der Waals surface area contributed by atoms with E-state index < -0.39 is 0 Å². The third kappa shape index (κ3) is 5.94. The molecule has 0 radical (unpaired) electrons. The van der Waals surface area contributed by atoms with Crippen molar-refractivity contribution in [1.82, 2.24) is 10.2 Å². The lowest BCUT2D eigenvalue weighted by Crippen LogP contribution is -2.29. The van der Waals surface area contributed by atoms with Crippen LogP contribution in [-0.4, -0.2) is 38.1 Å². The molecule has 1 rings (SSSR count). The van der Waals surface area contributed by atoms with Crippen LogP contribution in [0.5, 0.6) is 0 Å². The van der Waals surface area contributed by atoms with E-state index in [9.17, 15) is 4.79 Å². The van der Waals surface area contributed by atoms with Gasteiger partial charge in [-0.05, 0) is 51.2 Å². The Labute approximate surface area is 115 Å². The quantitative estimate of drug-likeness (QED) is 0.815. The zero-order valence-corrected chi connectivity index (χ0v) is 12.0. The van der Waals surface area contributed by atoms with Crippen LogP contribution in [0.1, 0.15) is 11.1 Å². The van der Waals surface area contributed by atoms with Gasteiger partial charge in [0.05, 0.1) is 13.1 Å². The Hall–Kier alpha value is -1.99. The summed E-state index contributed by atoms with van der Waals surface area (Å²) in [4.78, 5) is 13.6. The summed E-state index contributed by atoms with van der Waals surface area (Å²) >= 11 is 0. The molecule has 4 heteroatoms.